The Labute approximate surface area is 425 Å². The summed E-state index contributed by atoms with van der Waals surface area (Å²) in [5.41, 5.74) is 12.7. The van der Waals surface area contributed by atoms with Gasteiger partial charge in [0, 0.05) is 15.7 Å². The molecule has 0 spiro atoms. The van der Waals surface area contributed by atoms with Gasteiger partial charge in [-0.2, -0.15) is 14.0 Å². The number of aryl methyl sites for hydroxylation is 7. The van der Waals surface area contributed by atoms with Crippen molar-refractivity contribution in [1.29, 1.82) is 0 Å². The van der Waals surface area contributed by atoms with Crippen LogP contribution in [0.3, 0.4) is 0 Å². The molecule has 0 radical (unpaired) electrons. The van der Waals surface area contributed by atoms with Gasteiger partial charge in [0.2, 0.25) is 5.13 Å². The third kappa shape index (κ3) is 11.0. The van der Waals surface area contributed by atoms with Gasteiger partial charge >= 0.3 is 11.4 Å². The van der Waals surface area contributed by atoms with Crippen LogP contribution in [0.25, 0.3) is 41.7 Å². The molecule has 0 fully saturated rings. The normalized spacial score (nSPS) is 12.3. The van der Waals surface area contributed by atoms with Crippen LogP contribution in [-0.4, -0.2) is 42.3 Å². The molecule has 16 nitrogen and oxygen atoms in total. The van der Waals surface area contributed by atoms with E-state index in [-0.39, 0.29) is 11.5 Å². The van der Waals surface area contributed by atoms with Gasteiger partial charge in [-0.25, -0.2) is 24.0 Å². The number of azo groups is 1. The summed E-state index contributed by atoms with van der Waals surface area (Å²) in [6, 6.07) is 31.6. The summed E-state index contributed by atoms with van der Waals surface area (Å²) in [5, 5.41) is 20.9. The van der Waals surface area contributed by atoms with Crippen molar-refractivity contribution in [2.45, 2.75) is 48.5 Å². The van der Waals surface area contributed by atoms with E-state index in [2.05, 4.69) is 89.5 Å². The number of nitrogens with zero attached hydrogens (tertiary/aromatic N) is 9. The molecule has 2 atom stereocenters. The number of hydrogen-bond acceptors (Lipinski definition) is 15. The smallest absolute Gasteiger partial charge is 0.331 e. The lowest BCUT2D eigenvalue weighted by Gasteiger charge is -2.27. The van der Waals surface area contributed by atoms with Gasteiger partial charge in [-0.1, -0.05) is 116 Å². The second kappa shape index (κ2) is 21.3. The van der Waals surface area contributed by atoms with Gasteiger partial charge < -0.3 is 9.87 Å². The molecule has 9 rings (SSSR count). The Bertz CT molecular complexity index is 3540. The molecular weight excluding hydrogens is 1010 g/mol. The molecule has 0 aliphatic carbocycles. The van der Waals surface area contributed by atoms with E-state index in [1.165, 1.54) is 11.3 Å². The summed E-state index contributed by atoms with van der Waals surface area (Å²) >= 11 is 10.2. The molecule has 0 bridgehead atoms. The van der Waals surface area contributed by atoms with E-state index in [1.54, 1.807) is 16.0 Å². The predicted molar refractivity (Wildman–Crippen MR) is 279 cm³/mol. The zero-order valence-corrected chi connectivity index (χ0v) is 42.9. The summed E-state index contributed by atoms with van der Waals surface area (Å²) in [6.07, 6.45) is 0. The van der Waals surface area contributed by atoms with Gasteiger partial charge in [-0.05, 0) is 124 Å². The Kier molecular flexibility index (Phi) is 15.3. The average molecular weight is 1050 g/mol. The first-order chi connectivity index (χ1) is 33.5. The lowest BCUT2D eigenvalue weighted by atomic mass is 10.0. The molecule has 70 heavy (non-hydrogen) atoms. The molecule has 2 N–H and O–H groups in total. The van der Waals surface area contributed by atoms with E-state index in [9.17, 15) is 13.0 Å². The molecule has 0 saturated heterocycles. The monoisotopic (exact) mass is 1050 g/mol. The maximum Gasteiger partial charge on any atom is 0.331 e. The number of fused-ring (bicyclic) bond motifs is 2. The van der Waals surface area contributed by atoms with E-state index in [0.29, 0.717) is 43.7 Å². The van der Waals surface area contributed by atoms with E-state index in [1.807, 2.05) is 79.7 Å². The third-order valence-corrected chi connectivity index (χ3v) is 13.6. The SMILES string of the molecule is O=S([O-])OOS(=O)O.[C-]#[N+]c1c(-c2ccccc2)nn(-c2nc3cc(Cl)ccc3s2)c1N=Nc1c(C)cc(N(c2nc3cc(Cl)ccc3s2)c2c(C)cc(C)cc2C)nc1Nc1c(C)cc(C)cc1C. The molecule has 4 aromatic heterocycles. The van der Waals surface area contributed by atoms with Crippen molar-refractivity contribution >= 4 is 134 Å². The van der Waals surface area contributed by atoms with Gasteiger partial charge in [0.25, 0.3) is 5.69 Å². The van der Waals surface area contributed by atoms with Gasteiger partial charge in [-0.15, -0.1) is 14.6 Å². The summed E-state index contributed by atoms with van der Waals surface area (Å²) in [4.78, 5) is 21.5. The number of thiazole rings is 2. The van der Waals surface area contributed by atoms with Crippen LogP contribution in [0.1, 0.15) is 38.9 Å². The standard InChI is InChI=1S/C48H38Cl2N10S2.H2O6S2/c1-25-18-27(3)40(28(4)19-25)55-45-41(29(5)22-39(54-45)59(44-30(6)20-26(2)21-31(44)7)47-52-35-23-33(49)14-16-37(35)61-47)56-57-46-43(51-8)42(32-12-10-9-11-13-32)58-60(46)48-53-36-24-34(50)15-17-38(36)62-48;1-7(2)5-6-8(3)4/h9-24H,1-7H3,(H,54,55);(H,1,2)(H,3,4)/p-1. The number of nitrogens with one attached hydrogen (secondary N) is 1. The Morgan fingerprint density at radius 1 is 0.757 bits per heavy atom. The van der Waals surface area contributed by atoms with Gasteiger partial charge in [0.15, 0.2) is 16.8 Å². The van der Waals surface area contributed by atoms with Crippen LogP contribution >= 0.6 is 45.9 Å². The van der Waals surface area contributed by atoms with Crippen molar-refractivity contribution in [1.82, 2.24) is 24.7 Å². The van der Waals surface area contributed by atoms with Crippen molar-refractivity contribution in [3.8, 4) is 16.4 Å². The van der Waals surface area contributed by atoms with E-state index in [4.69, 9.17) is 64.6 Å². The number of halogens is 2. The second-order valence-corrected chi connectivity index (χ2v) is 19.9. The topological polar surface area (TPSA) is 197 Å². The first-order valence-corrected chi connectivity index (χ1v) is 25.3. The fourth-order valence-electron chi connectivity index (χ4n) is 7.93. The lowest BCUT2D eigenvalue weighted by molar-refractivity contribution is -0.0885. The minimum absolute atomic E-state index is 0.238. The summed E-state index contributed by atoms with van der Waals surface area (Å²) in [5.74, 6) is 1.35. The van der Waals surface area contributed by atoms with Crippen molar-refractivity contribution in [3.05, 3.63) is 157 Å². The molecule has 5 aromatic carbocycles. The number of pyridine rings is 1. The molecule has 0 aliphatic heterocycles. The van der Waals surface area contributed by atoms with Crippen LogP contribution in [-0.2, 0) is 31.4 Å². The number of benzene rings is 5. The molecule has 4 heterocycles. The van der Waals surface area contributed by atoms with E-state index in [0.717, 1.165) is 75.9 Å². The fourth-order valence-corrected chi connectivity index (χ4v) is 10.5. The first-order valence-electron chi connectivity index (χ1n) is 20.9. The maximum absolute atomic E-state index is 9.39. The minimum Gasteiger partial charge on any atom is -0.747 e. The fraction of sp³-hybridized carbons (Fsp3) is 0.146. The number of rotatable bonds is 12. The number of aromatic nitrogens is 5. The van der Waals surface area contributed by atoms with Crippen molar-refractivity contribution in [2.24, 2.45) is 10.2 Å². The quantitative estimate of drug-likeness (QED) is 0.0387. The van der Waals surface area contributed by atoms with Crippen molar-refractivity contribution in [2.75, 3.05) is 10.2 Å². The van der Waals surface area contributed by atoms with Crippen LogP contribution in [0.5, 0.6) is 0 Å². The summed E-state index contributed by atoms with van der Waals surface area (Å²) in [6.45, 7) is 23.0. The molecule has 2 unspecified atom stereocenters. The Hall–Kier alpha value is -6.35. The second-order valence-electron chi connectivity index (χ2n) is 15.9. The maximum atomic E-state index is 9.39. The molecule has 9 aromatic rings. The molecule has 22 heteroatoms. The lowest BCUT2D eigenvalue weighted by Crippen LogP contribution is -2.15. The van der Waals surface area contributed by atoms with Gasteiger partial charge in [0.05, 0.1) is 32.7 Å². The van der Waals surface area contributed by atoms with Crippen LogP contribution in [0.2, 0.25) is 10.0 Å². The van der Waals surface area contributed by atoms with Crippen LogP contribution in [0, 0.1) is 55.0 Å². The highest BCUT2D eigenvalue weighted by Crippen LogP contribution is 2.47. The number of hydrogen-bond donors (Lipinski definition) is 2. The zero-order chi connectivity index (χ0) is 50.0. The van der Waals surface area contributed by atoms with Gasteiger partial charge in [0.1, 0.15) is 28.6 Å². The highest BCUT2D eigenvalue weighted by atomic mass is 35.5. The summed E-state index contributed by atoms with van der Waals surface area (Å²) < 4.78 is 45.6. The zero-order valence-electron chi connectivity index (χ0n) is 38.1. The molecule has 0 saturated carbocycles. The third-order valence-electron chi connectivity index (χ3n) is 10.6. The Morgan fingerprint density at radius 2 is 1.36 bits per heavy atom. The van der Waals surface area contributed by atoms with Crippen LogP contribution in [0.4, 0.5) is 45.3 Å². The molecular formula is C48H39Cl2N10O6S4-. The Morgan fingerprint density at radius 3 is 1.94 bits per heavy atom. The average Bonchev–Trinajstić information content (AvgIpc) is 4.02. The highest BCUT2D eigenvalue weighted by Gasteiger charge is 2.27. The molecule has 0 aliphatic rings. The first kappa shape index (κ1) is 50.1. The molecule has 356 valence electrons. The van der Waals surface area contributed by atoms with Gasteiger partial charge in [-0.3, -0.25) is 9.45 Å². The van der Waals surface area contributed by atoms with Crippen LogP contribution < -0.4 is 10.2 Å². The summed E-state index contributed by atoms with van der Waals surface area (Å²) in [7, 11) is 0. The minimum atomic E-state index is -2.91. The van der Waals surface area contributed by atoms with Crippen LogP contribution in [0.15, 0.2) is 107 Å². The highest BCUT2D eigenvalue weighted by molar-refractivity contribution is 7.76. The predicted octanol–water partition coefficient (Wildman–Crippen LogP) is 14.7. The Balaban J connectivity index is 0.000000758. The van der Waals surface area contributed by atoms with Crippen molar-refractivity contribution in [3.63, 3.8) is 0 Å². The van der Waals surface area contributed by atoms with E-state index < -0.39 is 22.7 Å². The number of anilines is 5. The van der Waals surface area contributed by atoms with E-state index >= 15 is 0 Å². The van der Waals surface area contributed by atoms with Crippen molar-refractivity contribution < 1.29 is 26.2 Å². The largest absolute Gasteiger partial charge is 0.747 e. The molecule has 0 amide bonds.